The summed E-state index contributed by atoms with van der Waals surface area (Å²) < 4.78 is 13.6. The highest BCUT2D eigenvalue weighted by Crippen LogP contribution is 2.22. The number of aromatic nitrogens is 1. The molecule has 1 saturated heterocycles. The molecule has 26 heavy (non-hydrogen) atoms. The lowest BCUT2D eigenvalue weighted by Crippen LogP contribution is -2.36. The molecule has 7 heteroatoms. The van der Waals surface area contributed by atoms with Gasteiger partial charge in [0.2, 0.25) is 0 Å². The molecule has 2 N–H and O–H groups in total. The highest BCUT2D eigenvalue weighted by atomic mass is 35.5. The Hall–Kier alpha value is -2.18. The Kier molecular flexibility index (Phi) is 6.06. The van der Waals surface area contributed by atoms with Gasteiger partial charge in [0.05, 0.1) is 16.7 Å². The van der Waals surface area contributed by atoms with Crippen molar-refractivity contribution in [2.24, 2.45) is 0 Å². The number of amides is 1. The average Bonchev–Trinajstić information content (AvgIpc) is 2.68. The van der Waals surface area contributed by atoms with Gasteiger partial charge in [-0.05, 0) is 49.1 Å². The Labute approximate surface area is 156 Å². The van der Waals surface area contributed by atoms with Crippen LogP contribution in [-0.4, -0.2) is 40.5 Å². The quantitative estimate of drug-likeness (QED) is 0.834. The number of nitrogens with zero attached hydrogens (tertiary/aromatic N) is 2. The van der Waals surface area contributed by atoms with Crippen LogP contribution in [0.4, 0.5) is 10.2 Å². The molecule has 1 aliphatic rings. The molecule has 0 spiro atoms. The number of halogens is 2. The van der Waals surface area contributed by atoms with Gasteiger partial charge in [-0.3, -0.25) is 4.79 Å². The molecule has 0 saturated carbocycles. The number of pyridine rings is 1. The first kappa shape index (κ1) is 18.6. The summed E-state index contributed by atoms with van der Waals surface area (Å²) in [5, 5.41) is 13.3. The molecule has 1 unspecified atom stereocenters. The van der Waals surface area contributed by atoms with Gasteiger partial charge >= 0.3 is 0 Å². The van der Waals surface area contributed by atoms with E-state index in [1.807, 2.05) is 4.90 Å². The maximum Gasteiger partial charge on any atom is 0.257 e. The number of rotatable bonds is 5. The van der Waals surface area contributed by atoms with E-state index in [0.717, 1.165) is 32.4 Å². The van der Waals surface area contributed by atoms with Gasteiger partial charge in [0.1, 0.15) is 11.6 Å². The maximum atomic E-state index is 13.6. The first-order valence-corrected chi connectivity index (χ1v) is 9.05. The molecule has 138 valence electrons. The summed E-state index contributed by atoms with van der Waals surface area (Å²) in [6.45, 7) is 1.60. The lowest BCUT2D eigenvalue weighted by Gasteiger charge is -2.27. The van der Waals surface area contributed by atoms with Crippen molar-refractivity contribution in [1.29, 1.82) is 0 Å². The second-order valence-corrected chi connectivity index (χ2v) is 6.73. The molecular formula is C19H21ClFN3O2. The first-order valence-electron chi connectivity index (χ1n) is 8.67. The van der Waals surface area contributed by atoms with Crippen LogP contribution in [0.2, 0.25) is 5.02 Å². The Bertz CT molecular complexity index is 781. The number of piperidine rings is 1. The minimum Gasteiger partial charge on any atom is -0.387 e. The second-order valence-electron chi connectivity index (χ2n) is 6.32. The van der Waals surface area contributed by atoms with Gasteiger partial charge in [0, 0.05) is 25.8 Å². The molecule has 0 radical (unpaired) electrons. The van der Waals surface area contributed by atoms with Gasteiger partial charge in [-0.25, -0.2) is 9.37 Å². The summed E-state index contributed by atoms with van der Waals surface area (Å²) in [5.74, 6) is -0.231. The smallest absolute Gasteiger partial charge is 0.257 e. The number of benzene rings is 1. The molecule has 2 heterocycles. The summed E-state index contributed by atoms with van der Waals surface area (Å²) in [6.07, 6.45) is 3.79. The Morgan fingerprint density at radius 1 is 1.31 bits per heavy atom. The van der Waals surface area contributed by atoms with Crippen LogP contribution in [0.25, 0.3) is 0 Å². The van der Waals surface area contributed by atoms with E-state index in [4.69, 9.17) is 11.6 Å². The third-order valence-electron chi connectivity index (χ3n) is 4.47. The average molecular weight is 378 g/mol. The number of likely N-dealkylation sites (tertiary alicyclic amines) is 1. The highest BCUT2D eigenvalue weighted by molar-refractivity contribution is 6.30. The predicted octanol–water partition coefficient (Wildman–Crippen LogP) is 3.65. The van der Waals surface area contributed by atoms with E-state index in [1.54, 1.807) is 24.4 Å². The van der Waals surface area contributed by atoms with Crippen LogP contribution < -0.4 is 5.32 Å². The molecule has 2 aromatic rings. The third kappa shape index (κ3) is 4.31. The molecule has 0 aliphatic carbocycles. The first-order chi connectivity index (χ1) is 12.6. The molecular weight excluding hydrogens is 357 g/mol. The normalized spacial score (nSPS) is 15.6. The number of carbonyl (C=O) groups is 1. The minimum absolute atomic E-state index is 0.00745. The molecule has 5 nitrogen and oxygen atoms in total. The van der Waals surface area contributed by atoms with Gasteiger partial charge in [-0.1, -0.05) is 17.7 Å². The second kappa shape index (κ2) is 8.47. The van der Waals surface area contributed by atoms with Crippen molar-refractivity contribution in [3.05, 3.63) is 58.5 Å². The van der Waals surface area contributed by atoms with E-state index in [0.29, 0.717) is 16.9 Å². The summed E-state index contributed by atoms with van der Waals surface area (Å²) in [7, 11) is 0. The van der Waals surface area contributed by atoms with E-state index in [2.05, 4.69) is 10.3 Å². The van der Waals surface area contributed by atoms with Gasteiger partial charge in [0.15, 0.2) is 0 Å². The van der Waals surface area contributed by atoms with Crippen molar-refractivity contribution >= 4 is 23.3 Å². The molecule has 1 atom stereocenters. The molecule has 1 fully saturated rings. The van der Waals surface area contributed by atoms with Crippen molar-refractivity contribution in [3.63, 3.8) is 0 Å². The van der Waals surface area contributed by atoms with E-state index in [1.165, 1.54) is 12.1 Å². The monoisotopic (exact) mass is 377 g/mol. The number of hydrogen-bond acceptors (Lipinski definition) is 4. The van der Waals surface area contributed by atoms with Crippen LogP contribution in [0, 0.1) is 5.82 Å². The Balaban J connectivity index is 1.69. The molecule has 3 rings (SSSR count). The fraction of sp³-hybridized carbons (Fsp3) is 0.368. The standard InChI is InChI=1S/C19H21ClFN3O2/c20-15-7-6-13(11-16(15)21)17(25)12-23-18-14(5-4-8-22-18)19(26)24-9-2-1-3-10-24/h4-8,11,17,25H,1-3,9-10,12H2,(H,22,23). The summed E-state index contributed by atoms with van der Waals surface area (Å²) in [5.41, 5.74) is 0.878. The molecule has 0 bridgehead atoms. The molecule has 1 aliphatic heterocycles. The zero-order valence-corrected chi connectivity index (χ0v) is 15.0. The number of aliphatic hydroxyl groups excluding tert-OH is 1. The van der Waals surface area contributed by atoms with E-state index >= 15 is 0 Å². The fourth-order valence-corrected chi connectivity index (χ4v) is 3.13. The predicted molar refractivity (Wildman–Crippen MR) is 98.9 cm³/mol. The largest absolute Gasteiger partial charge is 0.387 e. The van der Waals surface area contributed by atoms with Crippen LogP contribution in [0.15, 0.2) is 36.5 Å². The zero-order valence-electron chi connectivity index (χ0n) is 14.3. The van der Waals surface area contributed by atoms with Crippen LogP contribution in [0.1, 0.15) is 41.3 Å². The topological polar surface area (TPSA) is 65.5 Å². The van der Waals surface area contributed by atoms with Gasteiger partial charge < -0.3 is 15.3 Å². The van der Waals surface area contributed by atoms with E-state index in [-0.39, 0.29) is 17.5 Å². The number of carbonyl (C=O) groups excluding carboxylic acids is 1. The minimum atomic E-state index is -0.957. The van der Waals surface area contributed by atoms with Gasteiger partial charge in [-0.15, -0.1) is 0 Å². The summed E-state index contributed by atoms with van der Waals surface area (Å²) in [4.78, 5) is 18.8. The number of nitrogens with one attached hydrogen (secondary N) is 1. The van der Waals surface area contributed by atoms with E-state index in [9.17, 15) is 14.3 Å². The molecule has 1 aromatic carbocycles. The van der Waals surface area contributed by atoms with Crippen molar-refractivity contribution in [2.45, 2.75) is 25.4 Å². The highest BCUT2D eigenvalue weighted by Gasteiger charge is 2.21. The fourth-order valence-electron chi connectivity index (χ4n) is 3.02. The molecule has 1 aromatic heterocycles. The van der Waals surface area contributed by atoms with E-state index < -0.39 is 11.9 Å². The van der Waals surface area contributed by atoms with Crippen molar-refractivity contribution in [1.82, 2.24) is 9.88 Å². The van der Waals surface area contributed by atoms with Crippen LogP contribution in [0.5, 0.6) is 0 Å². The van der Waals surface area contributed by atoms with Crippen LogP contribution in [0.3, 0.4) is 0 Å². The van der Waals surface area contributed by atoms with Crippen molar-refractivity contribution < 1.29 is 14.3 Å². The Morgan fingerprint density at radius 3 is 2.81 bits per heavy atom. The SMILES string of the molecule is O=C(c1cccnc1NCC(O)c1ccc(Cl)c(F)c1)N1CCCCC1. The summed E-state index contributed by atoms with van der Waals surface area (Å²) in [6, 6.07) is 7.61. The van der Waals surface area contributed by atoms with Crippen molar-refractivity contribution in [3.8, 4) is 0 Å². The Morgan fingerprint density at radius 2 is 2.08 bits per heavy atom. The van der Waals surface area contributed by atoms with Crippen LogP contribution >= 0.6 is 11.6 Å². The number of hydrogen-bond donors (Lipinski definition) is 2. The van der Waals surface area contributed by atoms with Crippen LogP contribution in [-0.2, 0) is 0 Å². The number of anilines is 1. The zero-order chi connectivity index (χ0) is 18.5. The van der Waals surface area contributed by atoms with Gasteiger partial charge in [-0.2, -0.15) is 0 Å². The lowest BCUT2D eigenvalue weighted by atomic mass is 10.1. The molecule has 1 amide bonds. The van der Waals surface area contributed by atoms with Gasteiger partial charge in [0.25, 0.3) is 5.91 Å². The van der Waals surface area contributed by atoms with Crippen molar-refractivity contribution in [2.75, 3.05) is 25.0 Å². The lowest BCUT2D eigenvalue weighted by molar-refractivity contribution is 0.0724. The summed E-state index contributed by atoms with van der Waals surface area (Å²) >= 11 is 5.66. The third-order valence-corrected chi connectivity index (χ3v) is 4.78. The number of aliphatic hydroxyl groups is 1. The maximum absolute atomic E-state index is 13.6.